The largest absolute Gasteiger partial charge is 0.481 e. The Balaban J connectivity index is 2.53. The molecule has 1 rings (SSSR count). The molecule has 0 saturated heterocycles. The monoisotopic (exact) mass is 242 g/mol. The number of carbonyl (C=O) groups is 1. The van der Waals surface area contributed by atoms with Crippen LogP contribution in [0, 0.1) is 23.7 Å². The molecule has 0 aromatic carbocycles. The summed E-state index contributed by atoms with van der Waals surface area (Å²) in [5.74, 6) is 0.693. The van der Waals surface area contributed by atoms with Gasteiger partial charge in [0.15, 0.2) is 0 Å². The summed E-state index contributed by atoms with van der Waals surface area (Å²) in [5, 5.41) is 9.23. The fourth-order valence-corrected chi connectivity index (χ4v) is 2.79. The zero-order chi connectivity index (χ0) is 12.8. The van der Waals surface area contributed by atoms with Gasteiger partial charge in [-0.05, 0) is 43.4 Å². The highest BCUT2D eigenvalue weighted by Gasteiger charge is 2.35. The molecule has 1 fully saturated rings. The molecule has 0 aromatic heterocycles. The molecule has 3 unspecified atom stereocenters. The Hall–Kier alpha value is -0.570. The molecule has 0 bridgehead atoms. The lowest BCUT2D eigenvalue weighted by molar-refractivity contribution is -0.147. The minimum atomic E-state index is -0.641. The van der Waals surface area contributed by atoms with E-state index in [-0.39, 0.29) is 11.8 Å². The topological polar surface area (TPSA) is 46.5 Å². The van der Waals surface area contributed by atoms with E-state index in [9.17, 15) is 9.90 Å². The second kappa shape index (κ2) is 7.00. The average molecular weight is 242 g/mol. The van der Waals surface area contributed by atoms with Crippen molar-refractivity contribution < 1.29 is 14.6 Å². The molecule has 100 valence electrons. The van der Waals surface area contributed by atoms with Crippen LogP contribution in [0.25, 0.3) is 0 Å². The Kier molecular flexibility index (Phi) is 5.96. The molecule has 0 heterocycles. The van der Waals surface area contributed by atoms with Gasteiger partial charge in [-0.25, -0.2) is 0 Å². The highest BCUT2D eigenvalue weighted by atomic mass is 16.5. The van der Waals surface area contributed by atoms with Crippen LogP contribution in [0.4, 0.5) is 0 Å². The van der Waals surface area contributed by atoms with Crippen LogP contribution in [0.3, 0.4) is 0 Å². The minimum Gasteiger partial charge on any atom is -0.481 e. The summed E-state index contributed by atoms with van der Waals surface area (Å²) in [6.07, 6.45) is 3.88. The first-order valence-corrected chi connectivity index (χ1v) is 6.86. The third-order valence-electron chi connectivity index (χ3n) is 3.96. The number of ether oxygens (including phenoxy) is 1. The first-order valence-electron chi connectivity index (χ1n) is 6.86. The summed E-state index contributed by atoms with van der Waals surface area (Å²) in [7, 11) is 0. The van der Waals surface area contributed by atoms with Gasteiger partial charge in [0.2, 0.25) is 0 Å². The number of hydrogen-bond donors (Lipinski definition) is 1. The van der Waals surface area contributed by atoms with Crippen LogP contribution in [0.5, 0.6) is 0 Å². The molecule has 0 aliphatic heterocycles. The van der Waals surface area contributed by atoms with Crippen LogP contribution in [-0.2, 0) is 9.53 Å². The molecule has 3 heteroatoms. The van der Waals surface area contributed by atoms with E-state index in [0.29, 0.717) is 18.4 Å². The molecule has 1 aliphatic rings. The van der Waals surface area contributed by atoms with Crippen molar-refractivity contribution in [3.63, 3.8) is 0 Å². The summed E-state index contributed by atoms with van der Waals surface area (Å²) in [4.78, 5) is 11.2. The van der Waals surface area contributed by atoms with Crippen molar-refractivity contribution in [3.05, 3.63) is 0 Å². The molecular weight excluding hydrogens is 216 g/mol. The molecule has 3 nitrogen and oxygen atoms in total. The predicted molar refractivity (Wildman–Crippen MR) is 67.9 cm³/mol. The van der Waals surface area contributed by atoms with Gasteiger partial charge in [0, 0.05) is 6.61 Å². The average Bonchev–Trinajstić information content (AvgIpc) is 2.28. The Morgan fingerprint density at radius 2 is 2.12 bits per heavy atom. The molecule has 0 radical (unpaired) electrons. The van der Waals surface area contributed by atoms with Gasteiger partial charge in [0.05, 0.1) is 12.5 Å². The summed E-state index contributed by atoms with van der Waals surface area (Å²) < 4.78 is 5.57. The Bertz CT molecular complexity index is 238. The molecule has 0 aromatic rings. The van der Waals surface area contributed by atoms with Gasteiger partial charge in [-0.2, -0.15) is 0 Å². The highest BCUT2D eigenvalue weighted by Crippen LogP contribution is 2.37. The van der Waals surface area contributed by atoms with Crippen molar-refractivity contribution in [2.75, 3.05) is 13.2 Å². The maximum absolute atomic E-state index is 11.2. The van der Waals surface area contributed by atoms with Crippen molar-refractivity contribution >= 4 is 5.97 Å². The van der Waals surface area contributed by atoms with E-state index >= 15 is 0 Å². The third kappa shape index (κ3) is 4.30. The maximum Gasteiger partial charge on any atom is 0.306 e. The molecule has 1 saturated carbocycles. The fourth-order valence-electron chi connectivity index (χ4n) is 2.79. The van der Waals surface area contributed by atoms with E-state index in [2.05, 4.69) is 20.8 Å². The van der Waals surface area contributed by atoms with E-state index < -0.39 is 5.97 Å². The van der Waals surface area contributed by atoms with Gasteiger partial charge in [-0.15, -0.1) is 0 Å². The maximum atomic E-state index is 11.2. The van der Waals surface area contributed by atoms with Gasteiger partial charge < -0.3 is 9.84 Å². The highest BCUT2D eigenvalue weighted by molar-refractivity contribution is 5.70. The summed E-state index contributed by atoms with van der Waals surface area (Å²) in [6.45, 7) is 7.90. The van der Waals surface area contributed by atoms with E-state index in [1.807, 2.05) is 0 Å². The molecular formula is C14H26O3. The van der Waals surface area contributed by atoms with Gasteiger partial charge >= 0.3 is 5.97 Å². The van der Waals surface area contributed by atoms with Crippen LogP contribution < -0.4 is 0 Å². The van der Waals surface area contributed by atoms with Crippen LogP contribution in [-0.4, -0.2) is 24.3 Å². The lowest BCUT2D eigenvalue weighted by Crippen LogP contribution is -2.35. The van der Waals surface area contributed by atoms with Gasteiger partial charge in [-0.3, -0.25) is 4.79 Å². The van der Waals surface area contributed by atoms with Crippen LogP contribution in [0.2, 0.25) is 0 Å². The molecule has 1 aliphatic carbocycles. The summed E-state index contributed by atoms with van der Waals surface area (Å²) >= 11 is 0. The minimum absolute atomic E-state index is 0.193. The van der Waals surface area contributed by atoms with Crippen LogP contribution >= 0.6 is 0 Å². The molecule has 1 N–H and O–H groups in total. The van der Waals surface area contributed by atoms with Gasteiger partial charge in [0.25, 0.3) is 0 Å². The fraction of sp³-hybridized carbons (Fsp3) is 0.929. The number of carboxylic acid groups (broad SMARTS) is 1. The summed E-state index contributed by atoms with van der Waals surface area (Å²) in [6, 6.07) is 0. The van der Waals surface area contributed by atoms with E-state index in [1.165, 1.54) is 0 Å². The molecule has 3 atom stereocenters. The zero-order valence-corrected chi connectivity index (χ0v) is 11.3. The standard InChI is InChI=1S/C14H26O3/c1-4-7-17-9-12-8-11(10(2)3)5-6-13(12)14(15)16/h10-13H,4-9H2,1-3H3,(H,15,16). The third-order valence-corrected chi connectivity index (χ3v) is 3.96. The summed E-state index contributed by atoms with van der Waals surface area (Å²) in [5.41, 5.74) is 0. The second-order valence-corrected chi connectivity index (χ2v) is 5.60. The number of rotatable bonds is 6. The zero-order valence-electron chi connectivity index (χ0n) is 11.3. The first-order chi connectivity index (χ1) is 8.06. The molecule has 17 heavy (non-hydrogen) atoms. The molecule has 0 spiro atoms. The predicted octanol–water partition coefficient (Wildman–Crippen LogP) is 3.19. The Morgan fingerprint density at radius 3 is 2.65 bits per heavy atom. The van der Waals surface area contributed by atoms with Crippen molar-refractivity contribution in [1.82, 2.24) is 0 Å². The number of hydrogen-bond acceptors (Lipinski definition) is 2. The number of aliphatic carboxylic acids is 1. The SMILES string of the molecule is CCCOCC1CC(C(C)C)CCC1C(=O)O. The first kappa shape index (κ1) is 14.5. The molecule has 0 amide bonds. The van der Waals surface area contributed by atoms with Crippen molar-refractivity contribution in [2.24, 2.45) is 23.7 Å². The Labute approximate surface area is 105 Å². The Morgan fingerprint density at radius 1 is 1.41 bits per heavy atom. The quantitative estimate of drug-likeness (QED) is 0.728. The second-order valence-electron chi connectivity index (χ2n) is 5.60. The van der Waals surface area contributed by atoms with Gasteiger partial charge in [0.1, 0.15) is 0 Å². The van der Waals surface area contributed by atoms with Crippen molar-refractivity contribution in [1.29, 1.82) is 0 Å². The van der Waals surface area contributed by atoms with E-state index in [0.717, 1.165) is 32.3 Å². The van der Waals surface area contributed by atoms with E-state index in [4.69, 9.17) is 4.74 Å². The normalized spacial score (nSPS) is 29.5. The van der Waals surface area contributed by atoms with E-state index in [1.54, 1.807) is 0 Å². The smallest absolute Gasteiger partial charge is 0.306 e. The lowest BCUT2D eigenvalue weighted by atomic mass is 9.71. The van der Waals surface area contributed by atoms with Crippen molar-refractivity contribution in [2.45, 2.75) is 46.5 Å². The van der Waals surface area contributed by atoms with Crippen molar-refractivity contribution in [3.8, 4) is 0 Å². The number of carboxylic acids is 1. The van der Waals surface area contributed by atoms with Gasteiger partial charge in [-0.1, -0.05) is 20.8 Å². The lowest BCUT2D eigenvalue weighted by Gasteiger charge is -2.35. The van der Waals surface area contributed by atoms with Crippen LogP contribution in [0.15, 0.2) is 0 Å². The van der Waals surface area contributed by atoms with Crippen LogP contribution in [0.1, 0.15) is 46.5 Å².